The summed E-state index contributed by atoms with van der Waals surface area (Å²) in [4.78, 5) is 1.24. The van der Waals surface area contributed by atoms with Crippen molar-refractivity contribution in [2.45, 2.75) is 25.7 Å². The van der Waals surface area contributed by atoms with E-state index in [4.69, 9.17) is 16.3 Å². The summed E-state index contributed by atoms with van der Waals surface area (Å²) in [6.45, 7) is 1.58. The molecule has 0 saturated heterocycles. The van der Waals surface area contributed by atoms with Crippen molar-refractivity contribution in [3.8, 4) is 5.75 Å². The number of hydrogen-bond acceptors (Lipinski definition) is 2. The fourth-order valence-corrected chi connectivity index (χ4v) is 2.44. The predicted molar refractivity (Wildman–Crippen MR) is 63.0 cm³/mol. The molecule has 0 radical (unpaired) electrons. The summed E-state index contributed by atoms with van der Waals surface area (Å²) in [6, 6.07) is 1.88. The van der Waals surface area contributed by atoms with Gasteiger partial charge in [-0.1, -0.05) is 17.7 Å². The SMILES string of the molecule is Cc1cc(Cl)c2c(c1)CN(C)C(C(F)(F)F)CO2. The Kier molecular flexibility index (Phi) is 3.47. The molecule has 2 nitrogen and oxygen atoms in total. The summed E-state index contributed by atoms with van der Waals surface area (Å²) >= 11 is 6.00. The molecule has 1 unspecified atom stereocenters. The molecule has 1 heterocycles. The maximum absolute atomic E-state index is 12.8. The molecule has 0 amide bonds. The molecule has 1 aromatic rings. The van der Waals surface area contributed by atoms with Crippen molar-refractivity contribution < 1.29 is 17.9 Å². The number of ether oxygens (including phenoxy) is 1. The van der Waals surface area contributed by atoms with Crippen molar-refractivity contribution in [2.24, 2.45) is 0 Å². The zero-order valence-electron chi connectivity index (χ0n) is 10.0. The monoisotopic (exact) mass is 279 g/mol. The molecule has 100 valence electrons. The van der Waals surface area contributed by atoms with Gasteiger partial charge in [-0.2, -0.15) is 13.2 Å². The molecule has 1 aromatic carbocycles. The summed E-state index contributed by atoms with van der Waals surface area (Å²) in [6.07, 6.45) is -4.31. The minimum Gasteiger partial charge on any atom is -0.490 e. The van der Waals surface area contributed by atoms with Crippen LogP contribution < -0.4 is 4.74 Å². The molecule has 0 bridgehead atoms. The van der Waals surface area contributed by atoms with Gasteiger partial charge in [0, 0.05) is 12.1 Å². The highest BCUT2D eigenvalue weighted by Crippen LogP contribution is 2.36. The Balaban J connectivity index is 2.36. The van der Waals surface area contributed by atoms with Gasteiger partial charge in [-0.15, -0.1) is 0 Å². The van der Waals surface area contributed by atoms with Gasteiger partial charge < -0.3 is 4.74 Å². The summed E-state index contributed by atoms with van der Waals surface area (Å²) in [7, 11) is 1.44. The molecule has 0 fully saturated rings. The van der Waals surface area contributed by atoms with Crippen LogP contribution in [0.25, 0.3) is 0 Å². The Morgan fingerprint density at radius 3 is 2.67 bits per heavy atom. The average Bonchev–Trinajstić information content (AvgIpc) is 2.34. The molecule has 0 saturated carbocycles. The quantitative estimate of drug-likeness (QED) is 0.722. The Bertz CT molecular complexity index is 461. The van der Waals surface area contributed by atoms with Gasteiger partial charge >= 0.3 is 6.18 Å². The maximum atomic E-state index is 12.8. The van der Waals surface area contributed by atoms with E-state index in [0.29, 0.717) is 16.3 Å². The number of likely N-dealkylation sites (N-methyl/N-ethyl adjacent to an activating group) is 1. The van der Waals surface area contributed by atoms with E-state index in [9.17, 15) is 13.2 Å². The Morgan fingerprint density at radius 2 is 2.06 bits per heavy atom. The standard InChI is InChI=1S/C12H13ClF3NO/c1-7-3-8-5-17(2)10(12(14,15)16)6-18-11(8)9(13)4-7/h3-4,10H,5-6H2,1-2H3. The molecule has 1 aliphatic rings. The van der Waals surface area contributed by atoms with Crippen molar-refractivity contribution in [3.63, 3.8) is 0 Å². The second-order valence-corrected chi connectivity index (χ2v) is 4.93. The average molecular weight is 280 g/mol. The van der Waals surface area contributed by atoms with E-state index < -0.39 is 18.8 Å². The number of alkyl halides is 3. The van der Waals surface area contributed by atoms with Gasteiger partial charge in [-0.25, -0.2) is 0 Å². The highest BCUT2D eigenvalue weighted by molar-refractivity contribution is 6.32. The lowest BCUT2D eigenvalue weighted by molar-refractivity contribution is -0.186. The number of hydrogen-bond donors (Lipinski definition) is 0. The second kappa shape index (κ2) is 4.63. The van der Waals surface area contributed by atoms with Crippen LogP contribution in [0.15, 0.2) is 12.1 Å². The highest BCUT2D eigenvalue weighted by atomic mass is 35.5. The zero-order valence-corrected chi connectivity index (χ0v) is 10.8. The third-order valence-corrected chi connectivity index (χ3v) is 3.26. The molecule has 0 N–H and O–H groups in total. The first-order valence-corrected chi connectivity index (χ1v) is 5.85. The summed E-state index contributed by atoms with van der Waals surface area (Å²) in [5.74, 6) is 0.362. The summed E-state index contributed by atoms with van der Waals surface area (Å²) in [5, 5.41) is 0.362. The normalized spacial score (nSPS) is 21.1. The first kappa shape index (κ1) is 13.5. The predicted octanol–water partition coefficient (Wildman–Crippen LogP) is 3.40. The van der Waals surface area contributed by atoms with Gasteiger partial charge in [0.15, 0.2) is 0 Å². The largest absolute Gasteiger partial charge is 0.490 e. The topological polar surface area (TPSA) is 12.5 Å². The lowest BCUT2D eigenvalue weighted by Crippen LogP contribution is -2.45. The number of benzene rings is 1. The molecule has 1 atom stereocenters. The molecular weight excluding hydrogens is 267 g/mol. The number of fused-ring (bicyclic) bond motifs is 1. The lowest BCUT2D eigenvalue weighted by atomic mass is 10.1. The molecule has 0 aliphatic carbocycles. The number of halogens is 4. The van der Waals surface area contributed by atoms with Gasteiger partial charge in [0.1, 0.15) is 18.4 Å². The van der Waals surface area contributed by atoms with Crippen LogP contribution >= 0.6 is 11.6 Å². The van der Waals surface area contributed by atoms with Crippen molar-refractivity contribution in [1.29, 1.82) is 0 Å². The molecular formula is C12H13ClF3NO. The number of rotatable bonds is 0. The zero-order chi connectivity index (χ0) is 13.5. The number of aryl methyl sites for hydroxylation is 1. The van der Waals surface area contributed by atoms with Gasteiger partial charge in [-0.3, -0.25) is 4.90 Å². The molecule has 1 aliphatic heterocycles. The van der Waals surface area contributed by atoms with Crippen molar-refractivity contribution in [3.05, 3.63) is 28.3 Å². The van der Waals surface area contributed by atoms with Crippen LogP contribution in [0.1, 0.15) is 11.1 Å². The summed E-state index contributed by atoms with van der Waals surface area (Å²) in [5.41, 5.74) is 1.59. The molecule has 0 aromatic heterocycles. The third kappa shape index (κ3) is 2.57. The van der Waals surface area contributed by atoms with E-state index in [1.807, 2.05) is 6.92 Å². The molecule has 6 heteroatoms. The van der Waals surface area contributed by atoms with Crippen LogP contribution in [0, 0.1) is 6.92 Å². The van der Waals surface area contributed by atoms with Crippen molar-refractivity contribution in [1.82, 2.24) is 4.90 Å². The fraction of sp³-hybridized carbons (Fsp3) is 0.500. The number of nitrogens with zero attached hydrogens (tertiary/aromatic N) is 1. The molecule has 18 heavy (non-hydrogen) atoms. The van der Waals surface area contributed by atoms with Crippen LogP contribution in [0.3, 0.4) is 0 Å². The maximum Gasteiger partial charge on any atom is 0.407 e. The minimum absolute atomic E-state index is 0.168. The van der Waals surface area contributed by atoms with Gasteiger partial charge in [-0.05, 0) is 25.6 Å². The van der Waals surface area contributed by atoms with Crippen molar-refractivity contribution >= 4 is 11.6 Å². The highest BCUT2D eigenvalue weighted by Gasteiger charge is 2.44. The van der Waals surface area contributed by atoms with Gasteiger partial charge in [0.2, 0.25) is 0 Å². The van der Waals surface area contributed by atoms with E-state index in [0.717, 1.165) is 5.56 Å². The van der Waals surface area contributed by atoms with Crippen LogP contribution in [0.2, 0.25) is 5.02 Å². The van der Waals surface area contributed by atoms with E-state index in [2.05, 4.69) is 0 Å². The van der Waals surface area contributed by atoms with Gasteiger partial charge in [0.05, 0.1) is 5.02 Å². The van der Waals surface area contributed by atoms with Crippen molar-refractivity contribution in [2.75, 3.05) is 13.7 Å². The van der Waals surface area contributed by atoms with Crippen LogP contribution in [-0.4, -0.2) is 30.8 Å². The first-order valence-electron chi connectivity index (χ1n) is 5.48. The van der Waals surface area contributed by atoms with E-state index >= 15 is 0 Å². The smallest absolute Gasteiger partial charge is 0.407 e. The van der Waals surface area contributed by atoms with Crippen LogP contribution in [-0.2, 0) is 6.54 Å². The Hall–Kier alpha value is -0.940. The fourth-order valence-electron chi connectivity index (χ4n) is 2.09. The summed E-state index contributed by atoms with van der Waals surface area (Å²) < 4.78 is 43.7. The van der Waals surface area contributed by atoms with Gasteiger partial charge in [0.25, 0.3) is 0 Å². The molecule has 2 rings (SSSR count). The first-order chi connectivity index (χ1) is 8.29. The second-order valence-electron chi connectivity index (χ2n) is 4.52. The third-order valence-electron chi connectivity index (χ3n) is 2.98. The lowest BCUT2D eigenvalue weighted by Gasteiger charge is -2.26. The van der Waals surface area contributed by atoms with E-state index in [1.54, 1.807) is 12.1 Å². The molecule has 0 spiro atoms. The van der Waals surface area contributed by atoms with E-state index in [-0.39, 0.29) is 6.54 Å². The Morgan fingerprint density at radius 1 is 1.39 bits per heavy atom. The van der Waals surface area contributed by atoms with Crippen LogP contribution in [0.4, 0.5) is 13.2 Å². The van der Waals surface area contributed by atoms with Crippen LogP contribution in [0.5, 0.6) is 5.75 Å². The van der Waals surface area contributed by atoms with E-state index in [1.165, 1.54) is 11.9 Å². The Labute approximate surface area is 108 Å². The minimum atomic E-state index is -4.31.